The first-order valence-corrected chi connectivity index (χ1v) is 7.06. The maximum atomic E-state index is 6.21. The third kappa shape index (κ3) is 2.32. The summed E-state index contributed by atoms with van der Waals surface area (Å²) in [6.45, 7) is 3.32. The summed E-state index contributed by atoms with van der Waals surface area (Å²) in [4.78, 5) is 4.84. The van der Waals surface area contributed by atoms with Crippen LogP contribution in [0.2, 0.25) is 0 Å². The highest BCUT2D eigenvalue weighted by molar-refractivity contribution is 5.73. The summed E-state index contributed by atoms with van der Waals surface area (Å²) in [7, 11) is 2.17. The third-order valence-electron chi connectivity index (χ3n) is 4.30. The fourth-order valence-corrected chi connectivity index (χ4v) is 2.86. The third-order valence-corrected chi connectivity index (χ3v) is 4.30. The summed E-state index contributed by atoms with van der Waals surface area (Å²) >= 11 is 0. The molecule has 1 heterocycles. The molecule has 0 spiro atoms. The van der Waals surface area contributed by atoms with E-state index in [0.717, 1.165) is 32.0 Å². The summed E-state index contributed by atoms with van der Waals surface area (Å²) in [5.74, 6) is 0.813. The molecule has 3 rings (SSSR count). The zero-order valence-electron chi connectivity index (χ0n) is 11.2. The highest BCUT2D eigenvalue weighted by Gasteiger charge is 2.29. The van der Waals surface area contributed by atoms with Crippen molar-refractivity contribution in [2.24, 2.45) is 11.7 Å². The van der Waals surface area contributed by atoms with Gasteiger partial charge in [-0.25, -0.2) is 0 Å². The van der Waals surface area contributed by atoms with Gasteiger partial charge in [-0.05, 0) is 37.3 Å². The molecule has 1 fully saturated rings. The van der Waals surface area contributed by atoms with E-state index in [1.54, 1.807) is 0 Å². The fraction of sp³-hybridized carbons (Fsp3) is 0.600. The van der Waals surface area contributed by atoms with Crippen LogP contribution in [0, 0.1) is 5.92 Å². The Kier molecular flexibility index (Phi) is 3.16. The number of likely N-dealkylation sites (N-methyl/N-ethyl adjacent to an activating group) is 1. The van der Waals surface area contributed by atoms with Crippen molar-refractivity contribution in [2.45, 2.75) is 25.3 Å². The first kappa shape index (κ1) is 11.8. The molecule has 1 unspecified atom stereocenters. The quantitative estimate of drug-likeness (QED) is 0.881. The van der Waals surface area contributed by atoms with E-state index in [1.165, 1.54) is 24.2 Å². The van der Waals surface area contributed by atoms with Gasteiger partial charge in [0.15, 0.2) is 0 Å². The number of benzene rings is 1. The largest absolute Gasteiger partial charge is 0.371 e. The van der Waals surface area contributed by atoms with Gasteiger partial charge >= 0.3 is 0 Å². The minimum Gasteiger partial charge on any atom is -0.371 e. The monoisotopic (exact) mass is 245 g/mol. The number of hydrogen-bond donors (Lipinski definition) is 1. The van der Waals surface area contributed by atoms with Gasteiger partial charge in [0, 0.05) is 32.7 Å². The van der Waals surface area contributed by atoms with E-state index in [-0.39, 0.29) is 0 Å². The highest BCUT2D eigenvalue weighted by atomic mass is 15.2. The lowest BCUT2D eigenvalue weighted by molar-refractivity contribution is 0.540. The summed E-state index contributed by atoms with van der Waals surface area (Å²) in [5, 5.41) is 0. The molecular formula is C15H23N3. The summed E-state index contributed by atoms with van der Waals surface area (Å²) in [6.07, 6.45) is 3.82. The van der Waals surface area contributed by atoms with Gasteiger partial charge in [0.1, 0.15) is 0 Å². The van der Waals surface area contributed by atoms with Crippen LogP contribution in [0.4, 0.5) is 11.4 Å². The van der Waals surface area contributed by atoms with E-state index in [4.69, 9.17) is 5.73 Å². The average molecular weight is 245 g/mol. The van der Waals surface area contributed by atoms with Gasteiger partial charge in [0.05, 0.1) is 11.4 Å². The zero-order valence-corrected chi connectivity index (χ0v) is 11.2. The van der Waals surface area contributed by atoms with Gasteiger partial charge in [0.2, 0.25) is 0 Å². The SMILES string of the molecule is CN1CCN(CCC(N)C2CC2)c2ccccc21. The van der Waals surface area contributed by atoms with Crippen molar-refractivity contribution in [3.63, 3.8) is 0 Å². The lowest BCUT2D eigenvalue weighted by atomic mass is 10.1. The molecule has 1 saturated carbocycles. The second-order valence-electron chi connectivity index (χ2n) is 5.69. The van der Waals surface area contributed by atoms with E-state index >= 15 is 0 Å². The number of fused-ring (bicyclic) bond motifs is 1. The Bertz CT molecular complexity index is 414. The van der Waals surface area contributed by atoms with Gasteiger partial charge in [0.25, 0.3) is 0 Å². The molecule has 3 nitrogen and oxygen atoms in total. The standard InChI is InChI=1S/C15H23N3/c1-17-10-11-18(9-8-13(16)12-6-7-12)15-5-3-2-4-14(15)17/h2-5,12-13H,6-11,16H2,1H3. The maximum absolute atomic E-state index is 6.21. The molecule has 0 bridgehead atoms. The number of nitrogens with zero attached hydrogens (tertiary/aromatic N) is 2. The van der Waals surface area contributed by atoms with Gasteiger partial charge < -0.3 is 15.5 Å². The smallest absolute Gasteiger partial charge is 0.0604 e. The predicted molar refractivity (Wildman–Crippen MR) is 77.2 cm³/mol. The Morgan fingerprint density at radius 3 is 2.67 bits per heavy atom. The molecule has 2 N–H and O–H groups in total. The number of nitrogens with two attached hydrogens (primary N) is 1. The molecule has 0 aromatic heterocycles. The van der Waals surface area contributed by atoms with E-state index in [2.05, 4.69) is 41.1 Å². The number of para-hydroxylation sites is 2. The van der Waals surface area contributed by atoms with Crippen molar-refractivity contribution in [1.82, 2.24) is 0 Å². The molecule has 2 aliphatic rings. The van der Waals surface area contributed by atoms with Crippen LogP contribution in [0.1, 0.15) is 19.3 Å². The second kappa shape index (κ2) is 4.81. The Balaban J connectivity index is 1.67. The van der Waals surface area contributed by atoms with Crippen LogP contribution >= 0.6 is 0 Å². The van der Waals surface area contributed by atoms with Crippen LogP contribution < -0.4 is 15.5 Å². The minimum atomic E-state index is 0.414. The minimum absolute atomic E-state index is 0.414. The number of hydrogen-bond acceptors (Lipinski definition) is 3. The number of anilines is 2. The van der Waals surface area contributed by atoms with Crippen molar-refractivity contribution in [2.75, 3.05) is 36.5 Å². The van der Waals surface area contributed by atoms with Crippen LogP contribution in [0.15, 0.2) is 24.3 Å². The van der Waals surface area contributed by atoms with Crippen LogP contribution in [0.5, 0.6) is 0 Å². The lowest BCUT2D eigenvalue weighted by Gasteiger charge is -2.37. The second-order valence-corrected chi connectivity index (χ2v) is 5.69. The predicted octanol–water partition coefficient (Wildman–Crippen LogP) is 2.07. The fourth-order valence-electron chi connectivity index (χ4n) is 2.86. The molecule has 1 atom stereocenters. The zero-order chi connectivity index (χ0) is 12.5. The topological polar surface area (TPSA) is 32.5 Å². The van der Waals surface area contributed by atoms with Gasteiger partial charge in [-0.15, -0.1) is 0 Å². The molecule has 0 radical (unpaired) electrons. The molecule has 1 aliphatic heterocycles. The van der Waals surface area contributed by atoms with E-state index in [9.17, 15) is 0 Å². The number of rotatable bonds is 4. The van der Waals surface area contributed by atoms with Crippen molar-refractivity contribution >= 4 is 11.4 Å². The van der Waals surface area contributed by atoms with E-state index < -0.39 is 0 Å². The van der Waals surface area contributed by atoms with Crippen molar-refractivity contribution < 1.29 is 0 Å². The van der Waals surface area contributed by atoms with Crippen LogP contribution in [0.25, 0.3) is 0 Å². The van der Waals surface area contributed by atoms with Crippen molar-refractivity contribution in [1.29, 1.82) is 0 Å². The van der Waals surface area contributed by atoms with Crippen LogP contribution in [-0.4, -0.2) is 32.7 Å². The Morgan fingerprint density at radius 1 is 1.22 bits per heavy atom. The molecule has 1 aromatic rings. The molecule has 0 amide bonds. The summed E-state index contributed by atoms with van der Waals surface area (Å²) in [5.41, 5.74) is 8.93. The molecule has 18 heavy (non-hydrogen) atoms. The Hall–Kier alpha value is -1.22. The average Bonchev–Trinajstić information content (AvgIpc) is 3.22. The Labute approximate surface area is 110 Å². The Morgan fingerprint density at radius 2 is 1.94 bits per heavy atom. The lowest BCUT2D eigenvalue weighted by Crippen LogP contribution is -2.41. The maximum Gasteiger partial charge on any atom is 0.0604 e. The summed E-state index contributed by atoms with van der Waals surface area (Å²) < 4.78 is 0. The van der Waals surface area contributed by atoms with Crippen LogP contribution in [0.3, 0.4) is 0 Å². The van der Waals surface area contributed by atoms with Gasteiger partial charge in [-0.1, -0.05) is 12.1 Å². The molecule has 1 aromatic carbocycles. The van der Waals surface area contributed by atoms with Gasteiger partial charge in [-0.2, -0.15) is 0 Å². The van der Waals surface area contributed by atoms with Crippen molar-refractivity contribution in [3.05, 3.63) is 24.3 Å². The molecule has 0 saturated heterocycles. The highest BCUT2D eigenvalue weighted by Crippen LogP contribution is 2.35. The van der Waals surface area contributed by atoms with E-state index in [0.29, 0.717) is 6.04 Å². The molecule has 1 aliphatic carbocycles. The summed E-state index contributed by atoms with van der Waals surface area (Å²) in [6, 6.07) is 9.10. The van der Waals surface area contributed by atoms with E-state index in [1.807, 2.05) is 0 Å². The van der Waals surface area contributed by atoms with Crippen LogP contribution in [-0.2, 0) is 0 Å². The molecule has 98 valence electrons. The normalized spacial score (nSPS) is 20.8. The first-order valence-electron chi connectivity index (χ1n) is 7.06. The first-order chi connectivity index (χ1) is 8.75. The molecular weight excluding hydrogens is 222 g/mol. The molecule has 3 heteroatoms. The van der Waals surface area contributed by atoms with Crippen molar-refractivity contribution in [3.8, 4) is 0 Å². The van der Waals surface area contributed by atoms with Gasteiger partial charge in [-0.3, -0.25) is 0 Å².